The summed E-state index contributed by atoms with van der Waals surface area (Å²) in [6, 6.07) is 0. The van der Waals surface area contributed by atoms with Crippen LogP contribution in [0.4, 0.5) is 0 Å². The molecule has 4 nitrogen and oxygen atoms in total. The number of thiazole rings is 1. The van der Waals surface area contributed by atoms with Gasteiger partial charge in [-0.2, -0.15) is 0 Å². The van der Waals surface area contributed by atoms with Gasteiger partial charge in [0.25, 0.3) is 0 Å². The van der Waals surface area contributed by atoms with Crippen LogP contribution in [0.2, 0.25) is 0 Å². The van der Waals surface area contributed by atoms with Crippen molar-refractivity contribution >= 4 is 11.3 Å². The minimum atomic E-state index is 0.269. The van der Waals surface area contributed by atoms with Gasteiger partial charge < -0.3 is 9.47 Å². The molecule has 4 rings (SSSR count). The molecule has 0 aliphatic carbocycles. The lowest BCUT2D eigenvalue weighted by atomic mass is 9.72. The molecule has 0 N–H and O–H groups in total. The molecule has 5 heteroatoms. The van der Waals surface area contributed by atoms with Gasteiger partial charge in [-0.15, -0.1) is 11.3 Å². The van der Waals surface area contributed by atoms with E-state index in [-0.39, 0.29) is 6.10 Å². The van der Waals surface area contributed by atoms with E-state index in [9.17, 15) is 0 Å². The fourth-order valence-electron chi connectivity index (χ4n) is 4.03. The van der Waals surface area contributed by atoms with Crippen LogP contribution in [0.15, 0.2) is 5.38 Å². The summed E-state index contributed by atoms with van der Waals surface area (Å²) in [7, 11) is 0. The Balaban J connectivity index is 1.31. The normalized spacial score (nSPS) is 29.2. The van der Waals surface area contributed by atoms with Crippen LogP contribution in [0.3, 0.4) is 0 Å². The molecule has 0 radical (unpaired) electrons. The van der Waals surface area contributed by atoms with E-state index in [1.807, 2.05) is 0 Å². The number of ether oxygens (including phenoxy) is 2. The Bertz CT molecular complexity index is 483. The van der Waals surface area contributed by atoms with E-state index >= 15 is 0 Å². The Kier molecular flexibility index (Phi) is 4.49. The standard InChI is InChI=1S/C17H26N2O2S/c1-2-15(21-9-1)16-18-14(13-22-16)12-19-7-3-17(4-8-19)5-10-20-11-6-17/h13,15H,1-12H2. The van der Waals surface area contributed by atoms with E-state index in [0.29, 0.717) is 5.41 Å². The highest BCUT2D eigenvalue weighted by Crippen LogP contribution is 2.41. The number of rotatable bonds is 3. The maximum atomic E-state index is 5.74. The number of hydrogen-bond acceptors (Lipinski definition) is 5. The highest BCUT2D eigenvalue weighted by Gasteiger charge is 2.36. The van der Waals surface area contributed by atoms with Crippen molar-refractivity contribution in [3.63, 3.8) is 0 Å². The van der Waals surface area contributed by atoms with Crippen LogP contribution in [0.25, 0.3) is 0 Å². The average Bonchev–Trinajstić information content (AvgIpc) is 3.22. The van der Waals surface area contributed by atoms with Crippen molar-refractivity contribution in [2.24, 2.45) is 5.41 Å². The molecule has 1 spiro atoms. The minimum absolute atomic E-state index is 0.269. The Hall–Kier alpha value is -0.490. The van der Waals surface area contributed by atoms with Gasteiger partial charge in [-0.1, -0.05) is 0 Å². The van der Waals surface area contributed by atoms with E-state index < -0.39 is 0 Å². The lowest BCUT2D eigenvalue weighted by molar-refractivity contribution is -0.0219. The molecule has 122 valence electrons. The lowest BCUT2D eigenvalue weighted by Gasteiger charge is -2.44. The third-order valence-corrected chi connectivity index (χ3v) is 6.62. The molecule has 1 atom stereocenters. The first-order valence-corrected chi connectivity index (χ1v) is 9.57. The van der Waals surface area contributed by atoms with E-state index in [1.54, 1.807) is 11.3 Å². The first-order chi connectivity index (χ1) is 10.8. The van der Waals surface area contributed by atoms with Crippen LogP contribution in [0.5, 0.6) is 0 Å². The first-order valence-electron chi connectivity index (χ1n) is 8.69. The second kappa shape index (κ2) is 6.56. The number of nitrogens with zero attached hydrogens (tertiary/aromatic N) is 2. The van der Waals surface area contributed by atoms with Gasteiger partial charge >= 0.3 is 0 Å². The largest absolute Gasteiger partial charge is 0.381 e. The predicted octanol–water partition coefficient (Wildman–Crippen LogP) is 3.39. The summed E-state index contributed by atoms with van der Waals surface area (Å²) in [6.07, 6.45) is 7.78. The predicted molar refractivity (Wildman–Crippen MR) is 87.0 cm³/mol. The van der Waals surface area contributed by atoms with Crippen molar-refractivity contribution in [1.29, 1.82) is 0 Å². The highest BCUT2D eigenvalue weighted by atomic mass is 32.1. The Morgan fingerprint density at radius 1 is 1.18 bits per heavy atom. The van der Waals surface area contributed by atoms with Crippen LogP contribution >= 0.6 is 11.3 Å². The molecule has 3 aliphatic heterocycles. The molecule has 0 bridgehead atoms. The van der Waals surface area contributed by atoms with Crippen molar-refractivity contribution in [2.75, 3.05) is 32.9 Å². The molecule has 0 amide bonds. The molecule has 4 heterocycles. The maximum Gasteiger partial charge on any atom is 0.122 e. The van der Waals surface area contributed by atoms with Gasteiger partial charge in [0.05, 0.1) is 5.69 Å². The molecule has 0 aromatic carbocycles. The minimum Gasteiger partial charge on any atom is -0.381 e. The quantitative estimate of drug-likeness (QED) is 0.854. The molecular weight excluding hydrogens is 296 g/mol. The van der Waals surface area contributed by atoms with E-state index in [0.717, 1.165) is 32.8 Å². The van der Waals surface area contributed by atoms with Crippen LogP contribution in [0.1, 0.15) is 55.3 Å². The molecule has 3 fully saturated rings. The van der Waals surface area contributed by atoms with Gasteiger partial charge in [-0.3, -0.25) is 4.90 Å². The highest BCUT2D eigenvalue weighted by molar-refractivity contribution is 7.09. The Morgan fingerprint density at radius 2 is 2.00 bits per heavy atom. The summed E-state index contributed by atoms with van der Waals surface area (Å²) in [5.41, 5.74) is 1.82. The Labute approximate surface area is 136 Å². The molecule has 3 aliphatic rings. The summed E-state index contributed by atoms with van der Waals surface area (Å²) in [5, 5.41) is 3.42. The molecule has 3 saturated heterocycles. The van der Waals surface area contributed by atoms with Crippen molar-refractivity contribution in [3.8, 4) is 0 Å². The van der Waals surface area contributed by atoms with Crippen LogP contribution < -0.4 is 0 Å². The van der Waals surface area contributed by atoms with Gasteiger partial charge in [0.1, 0.15) is 11.1 Å². The molecular formula is C17H26N2O2S. The molecule has 22 heavy (non-hydrogen) atoms. The topological polar surface area (TPSA) is 34.6 Å². The number of likely N-dealkylation sites (tertiary alicyclic amines) is 1. The zero-order valence-electron chi connectivity index (χ0n) is 13.3. The summed E-state index contributed by atoms with van der Waals surface area (Å²) >= 11 is 1.78. The van der Waals surface area contributed by atoms with E-state index in [4.69, 9.17) is 14.5 Å². The summed E-state index contributed by atoms with van der Waals surface area (Å²) < 4.78 is 11.3. The van der Waals surface area contributed by atoms with Crippen LogP contribution in [0, 0.1) is 5.41 Å². The molecule has 1 aromatic heterocycles. The zero-order valence-corrected chi connectivity index (χ0v) is 14.1. The summed E-state index contributed by atoms with van der Waals surface area (Å²) in [6.45, 7) is 6.28. The number of piperidine rings is 1. The molecule has 0 saturated carbocycles. The van der Waals surface area contributed by atoms with Gasteiger partial charge in [-0.05, 0) is 57.0 Å². The van der Waals surface area contributed by atoms with Crippen molar-refractivity contribution in [3.05, 3.63) is 16.1 Å². The number of hydrogen-bond donors (Lipinski definition) is 0. The van der Waals surface area contributed by atoms with Crippen LogP contribution in [-0.2, 0) is 16.0 Å². The molecule has 1 unspecified atom stereocenters. The average molecular weight is 322 g/mol. The monoisotopic (exact) mass is 322 g/mol. The van der Waals surface area contributed by atoms with Gasteiger partial charge in [0.2, 0.25) is 0 Å². The van der Waals surface area contributed by atoms with Gasteiger partial charge in [-0.25, -0.2) is 4.98 Å². The lowest BCUT2D eigenvalue weighted by Crippen LogP contribution is -2.42. The molecule has 1 aromatic rings. The maximum absolute atomic E-state index is 5.74. The number of aromatic nitrogens is 1. The van der Waals surface area contributed by atoms with Crippen LogP contribution in [-0.4, -0.2) is 42.8 Å². The van der Waals surface area contributed by atoms with Crippen molar-refractivity contribution < 1.29 is 9.47 Å². The third-order valence-electron chi connectivity index (χ3n) is 5.63. The van der Waals surface area contributed by atoms with Crippen molar-refractivity contribution in [2.45, 2.75) is 51.2 Å². The first kappa shape index (κ1) is 15.1. The van der Waals surface area contributed by atoms with Gasteiger partial charge in [0, 0.05) is 31.7 Å². The van der Waals surface area contributed by atoms with E-state index in [1.165, 1.54) is 55.9 Å². The fourth-order valence-corrected chi connectivity index (χ4v) is 4.93. The SMILES string of the molecule is c1sc(C2CCCO2)nc1CN1CCC2(CCOCC2)CC1. The second-order valence-electron chi connectivity index (χ2n) is 7.07. The second-order valence-corrected chi connectivity index (χ2v) is 7.96. The summed E-state index contributed by atoms with van der Waals surface area (Å²) in [4.78, 5) is 7.40. The fraction of sp³-hybridized carbons (Fsp3) is 0.824. The zero-order chi connectivity index (χ0) is 14.8. The smallest absolute Gasteiger partial charge is 0.122 e. The van der Waals surface area contributed by atoms with Gasteiger partial charge in [0.15, 0.2) is 0 Å². The van der Waals surface area contributed by atoms with Crippen molar-refractivity contribution in [1.82, 2.24) is 9.88 Å². The summed E-state index contributed by atoms with van der Waals surface area (Å²) in [5.74, 6) is 0. The van der Waals surface area contributed by atoms with E-state index in [2.05, 4.69) is 10.3 Å². The Morgan fingerprint density at radius 3 is 2.73 bits per heavy atom. The third kappa shape index (κ3) is 3.23.